The van der Waals surface area contributed by atoms with Gasteiger partial charge in [-0.05, 0) is 13.0 Å². The van der Waals surface area contributed by atoms with Crippen LogP contribution in [0.15, 0.2) is 18.5 Å². The third-order valence-electron chi connectivity index (χ3n) is 2.71. The van der Waals surface area contributed by atoms with Crippen LogP contribution in [0.4, 0.5) is 14.6 Å². The molecule has 0 spiro atoms. The summed E-state index contributed by atoms with van der Waals surface area (Å²) in [6, 6.07) is 1.14. The Labute approximate surface area is 123 Å². The monoisotopic (exact) mass is 313 g/mol. The van der Waals surface area contributed by atoms with E-state index in [0.29, 0.717) is 4.68 Å². The molecule has 0 aromatic carbocycles. The van der Waals surface area contributed by atoms with Crippen molar-refractivity contribution in [2.75, 3.05) is 11.9 Å². The average Bonchev–Trinajstić information content (AvgIpc) is 3.07. The molecule has 0 atom stereocenters. The first-order valence-corrected chi connectivity index (χ1v) is 6.27. The predicted octanol–water partition coefficient (Wildman–Crippen LogP) is 1.44. The van der Waals surface area contributed by atoms with Crippen molar-refractivity contribution in [1.29, 1.82) is 0 Å². The van der Waals surface area contributed by atoms with E-state index >= 15 is 0 Å². The molecule has 0 aliphatic rings. The number of halogens is 2. The molecule has 0 fully saturated rings. The van der Waals surface area contributed by atoms with Crippen LogP contribution in [0.1, 0.15) is 34.3 Å². The van der Waals surface area contributed by atoms with Crippen molar-refractivity contribution >= 4 is 17.7 Å². The molecule has 10 heteroatoms. The Morgan fingerprint density at radius 3 is 2.77 bits per heavy atom. The molecule has 2 aromatic rings. The van der Waals surface area contributed by atoms with Gasteiger partial charge in [0.15, 0.2) is 5.69 Å². The smallest absolute Gasteiger partial charge is 0.343 e. The molecule has 22 heavy (non-hydrogen) atoms. The van der Waals surface area contributed by atoms with E-state index in [1.54, 1.807) is 6.92 Å². The van der Waals surface area contributed by atoms with E-state index in [-0.39, 0.29) is 23.7 Å². The summed E-state index contributed by atoms with van der Waals surface area (Å²) in [6.07, 6.45) is 2.22. The van der Waals surface area contributed by atoms with Crippen molar-refractivity contribution in [2.24, 2.45) is 7.05 Å². The van der Waals surface area contributed by atoms with E-state index in [4.69, 9.17) is 4.74 Å². The first-order valence-electron chi connectivity index (χ1n) is 6.27. The molecule has 2 rings (SSSR count). The first-order chi connectivity index (χ1) is 10.4. The van der Waals surface area contributed by atoms with Gasteiger partial charge in [-0.15, -0.1) is 0 Å². The van der Waals surface area contributed by atoms with E-state index in [9.17, 15) is 18.4 Å². The maximum absolute atomic E-state index is 12.4. The van der Waals surface area contributed by atoms with Gasteiger partial charge in [-0.25, -0.2) is 9.48 Å². The van der Waals surface area contributed by atoms with Gasteiger partial charge in [0, 0.05) is 13.2 Å². The number of esters is 1. The lowest BCUT2D eigenvalue weighted by molar-refractivity contribution is 0.0526. The highest BCUT2D eigenvalue weighted by molar-refractivity contribution is 6.06. The first kappa shape index (κ1) is 15.6. The van der Waals surface area contributed by atoms with Crippen molar-refractivity contribution in [3.63, 3.8) is 0 Å². The predicted molar refractivity (Wildman–Crippen MR) is 70.6 cm³/mol. The maximum Gasteiger partial charge on any atom is 0.343 e. The minimum Gasteiger partial charge on any atom is -0.462 e. The summed E-state index contributed by atoms with van der Waals surface area (Å²) >= 11 is 0. The third-order valence-corrected chi connectivity index (χ3v) is 2.71. The van der Waals surface area contributed by atoms with Crippen LogP contribution in [0, 0.1) is 0 Å². The number of hydrogen-bond donors (Lipinski definition) is 1. The lowest BCUT2D eigenvalue weighted by atomic mass is 10.3. The zero-order valence-corrected chi connectivity index (χ0v) is 11.8. The molecule has 118 valence electrons. The van der Waals surface area contributed by atoms with Gasteiger partial charge in [0.05, 0.1) is 12.8 Å². The molecule has 0 aliphatic heterocycles. The zero-order chi connectivity index (χ0) is 16.3. The number of aromatic nitrogens is 4. The average molecular weight is 313 g/mol. The summed E-state index contributed by atoms with van der Waals surface area (Å²) in [5, 5.41) is 9.70. The molecule has 0 saturated carbocycles. The van der Waals surface area contributed by atoms with Gasteiger partial charge in [0.1, 0.15) is 11.4 Å². The quantitative estimate of drug-likeness (QED) is 0.843. The van der Waals surface area contributed by atoms with Gasteiger partial charge in [-0.3, -0.25) is 9.48 Å². The van der Waals surface area contributed by atoms with Gasteiger partial charge in [0.25, 0.3) is 5.91 Å². The Morgan fingerprint density at radius 1 is 1.45 bits per heavy atom. The molecule has 2 aromatic heterocycles. The number of amides is 1. The van der Waals surface area contributed by atoms with Crippen molar-refractivity contribution in [3.8, 4) is 0 Å². The fourth-order valence-corrected chi connectivity index (χ4v) is 1.68. The van der Waals surface area contributed by atoms with Crippen LogP contribution < -0.4 is 5.32 Å². The number of ether oxygens (including phenoxy) is 1. The van der Waals surface area contributed by atoms with Crippen molar-refractivity contribution in [2.45, 2.75) is 13.5 Å². The van der Waals surface area contributed by atoms with Crippen molar-refractivity contribution in [1.82, 2.24) is 19.6 Å². The summed E-state index contributed by atoms with van der Waals surface area (Å²) < 4.78 is 31.3. The second-order valence-electron chi connectivity index (χ2n) is 4.16. The highest BCUT2D eigenvalue weighted by Crippen LogP contribution is 2.17. The van der Waals surface area contributed by atoms with Crippen LogP contribution in [-0.2, 0) is 11.8 Å². The molecule has 0 bridgehead atoms. The van der Waals surface area contributed by atoms with E-state index in [2.05, 4.69) is 15.5 Å². The normalized spacial score (nSPS) is 10.8. The number of hydrogen-bond acceptors (Lipinski definition) is 5. The fraction of sp³-hybridized carbons (Fsp3) is 0.333. The Hall–Kier alpha value is -2.78. The van der Waals surface area contributed by atoms with Gasteiger partial charge in [-0.2, -0.15) is 19.0 Å². The molecular weight excluding hydrogens is 300 g/mol. The Balaban J connectivity index is 2.21. The number of nitrogens with zero attached hydrogens (tertiary/aromatic N) is 4. The lowest BCUT2D eigenvalue weighted by Gasteiger charge is -2.07. The SMILES string of the molecule is CCOC(=O)c1cnn(C)c1NC(=O)c1ccn(C(F)F)n1. The summed E-state index contributed by atoms with van der Waals surface area (Å²) in [7, 11) is 1.51. The van der Waals surface area contributed by atoms with E-state index in [1.165, 1.54) is 17.9 Å². The summed E-state index contributed by atoms with van der Waals surface area (Å²) in [4.78, 5) is 23.8. The second kappa shape index (κ2) is 6.33. The van der Waals surface area contributed by atoms with Gasteiger partial charge >= 0.3 is 12.5 Å². The van der Waals surface area contributed by atoms with Crippen LogP contribution in [0.5, 0.6) is 0 Å². The minimum atomic E-state index is -2.84. The molecule has 0 aliphatic carbocycles. The largest absolute Gasteiger partial charge is 0.462 e. The van der Waals surface area contributed by atoms with E-state index in [1.807, 2.05) is 0 Å². The van der Waals surface area contributed by atoms with Crippen LogP contribution >= 0.6 is 0 Å². The third kappa shape index (κ3) is 3.10. The van der Waals surface area contributed by atoms with Crippen LogP contribution in [-0.4, -0.2) is 38.0 Å². The van der Waals surface area contributed by atoms with Crippen LogP contribution in [0.2, 0.25) is 0 Å². The molecule has 0 radical (unpaired) electrons. The van der Waals surface area contributed by atoms with Crippen LogP contribution in [0.3, 0.4) is 0 Å². The summed E-state index contributed by atoms with van der Waals surface area (Å²) in [5.74, 6) is -1.30. The van der Waals surface area contributed by atoms with E-state index < -0.39 is 18.4 Å². The molecule has 8 nitrogen and oxygen atoms in total. The summed E-state index contributed by atoms with van der Waals surface area (Å²) in [5.41, 5.74) is -0.151. The molecule has 1 N–H and O–H groups in total. The highest BCUT2D eigenvalue weighted by atomic mass is 19.3. The van der Waals surface area contributed by atoms with Gasteiger partial charge in [-0.1, -0.05) is 0 Å². The van der Waals surface area contributed by atoms with Crippen molar-refractivity contribution in [3.05, 3.63) is 29.7 Å². The standard InChI is InChI=1S/C12H13F2N5O3/c1-3-22-11(21)7-6-15-18(2)9(7)16-10(20)8-4-5-19(17-8)12(13)14/h4-6,12H,3H2,1-2H3,(H,16,20). The number of anilines is 1. The Morgan fingerprint density at radius 2 is 2.18 bits per heavy atom. The number of aryl methyl sites for hydroxylation is 1. The number of nitrogens with one attached hydrogen (secondary N) is 1. The minimum absolute atomic E-state index is 0.0611. The highest BCUT2D eigenvalue weighted by Gasteiger charge is 2.21. The molecule has 0 saturated heterocycles. The van der Waals surface area contributed by atoms with Gasteiger partial charge in [0.2, 0.25) is 0 Å². The number of alkyl halides is 2. The zero-order valence-electron chi connectivity index (χ0n) is 11.8. The number of carbonyl (C=O) groups is 2. The Bertz CT molecular complexity index is 695. The Kier molecular flexibility index (Phi) is 4.49. The maximum atomic E-state index is 12.4. The molecular formula is C12H13F2N5O3. The molecule has 1 amide bonds. The molecule has 0 unspecified atom stereocenters. The second-order valence-corrected chi connectivity index (χ2v) is 4.16. The molecule has 2 heterocycles. The summed E-state index contributed by atoms with van der Waals surface area (Å²) in [6.45, 7) is -1.03. The van der Waals surface area contributed by atoms with Gasteiger partial charge < -0.3 is 10.1 Å². The lowest BCUT2D eigenvalue weighted by Crippen LogP contribution is -2.18. The topological polar surface area (TPSA) is 91.0 Å². The van der Waals surface area contributed by atoms with Crippen LogP contribution in [0.25, 0.3) is 0 Å². The fourth-order valence-electron chi connectivity index (χ4n) is 1.68. The number of carbonyl (C=O) groups excluding carboxylic acids is 2. The van der Waals surface area contributed by atoms with E-state index in [0.717, 1.165) is 12.3 Å². The van der Waals surface area contributed by atoms with Crippen molar-refractivity contribution < 1.29 is 23.1 Å². The number of rotatable bonds is 5.